The maximum Gasteiger partial charge on any atom is 0.0556 e. The second-order valence-corrected chi connectivity index (χ2v) is 3.75. The Morgan fingerprint density at radius 3 is 2.00 bits per heavy atom. The van der Waals surface area contributed by atoms with Gasteiger partial charge < -0.3 is 0 Å². The van der Waals surface area contributed by atoms with E-state index >= 15 is 0 Å². The van der Waals surface area contributed by atoms with Crippen molar-refractivity contribution in [2.75, 3.05) is 0 Å². The Morgan fingerprint density at radius 1 is 1.00 bits per heavy atom. The zero-order chi connectivity index (χ0) is 16.1. The van der Waals surface area contributed by atoms with Gasteiger partial charge in [0, 0.05) is 11.8 Å². The summed E-state index contributed by atoms with van der Waals surface area (Å²) < 4.78 is 0. The minimum Gasteiger partial charge on any atom is -0.271 e. The summed E-state index contributed by atoms with van der Waals surface area (Å²) >= 11 is 0. The van der Waals surface area contributed by atoms with Crippen LogP contribution in [0, 0.1) is 0 Å². The van der Waals surface area contributed by atoms with Crippen molar-refractivity contribution < 1.29 is 0 Å². The van der Waals surface area contributed by atoms with E-state index in [1.807, 2.05) is 64.2 Å². The molecule has 114 valence electrons. The molecule has 0 radical (unpaired) electrons. The number of rotatable bonds is 4. The number of hydrogen-bond acceptors (Lipinski definition) is 3. The molecule has 0 unspecified atom stereocenters. The molecule has 2 aromatic rings. The third-order valence-corrected chi connectivity index (χ3v) is 2.59. The van der Waals surface area contributed by atoms with Crippen LogP contribution in [0.4, 0.5) is 0 Å². The maximum atomic E-state index is 5.24. The van der Waals surface area contributed by atoms with Gasteiger partial charge in [-0.3, -0.25) is 16.3 Å². The summed E-state index contributed by atoms with van der Waals surface area (Å²) in [6.45, 7) is 12.3. The minimum absolute atomic E-state index is 0.579. The van der Waals surface area contributed by atoms with Crippen LogP contribution in [0.3, 0.4) is 0 Å². The molecule has 2 rings (SSSR count). The third-order valence-electron chi connectivity index (χ3n) is 2.59. The monoisotopic (exact) mass is 285 g/mol. The molecule has 0 spiro atoms. The fourth-order valence-electron chi connectivity index (χ4n) is 1.62. The molecule has 0 aliphatic carbocycles. The quantitative estimate of drug-likeness (QED) is 0.646. The van der Waals surface area contributed by atoms with E-state index in [-0.39, 0.29) is 0 Å². The Bertz CT molecular complexity index is 487. The standard InChI is InChI=1S/C14H15N3.2C2H6/c1-2-11-3-5-12(6-4-11)13-7-8-14(10-17-15)16-9-13;2*1-2/h2-9,17H,1,10,15H2;2*1-2H3. The van der Waals surface area contributed by atoms with E-state index in [4.69, 9.17) is 5.84 Å². The molecule has 0 atom stereocenters. The van der Waals surface area contributed by atoms with Crippen LogP contribution < -0.4 is 11.3 Å². The fraction of sp³-hybridized carbons (Fsp3) is 0.278. The number of aromatic nitrogens is 1. The van der Waals surface area contributed by atoms with E-state index in [9.17, 15) is 0 Å². The smallest absolute Gasteiger partial charge is 0.0556 e. The fourth-order valence-corrected chi connectivity index (χ4v) is 1.62. The van der Waals surface area contributed by atoms with Crippen molar-refractivity contribution >= 4 is 6.08 Å². The van der Waals surface area contributed by atoms with Crippen LogP contribution in [0.1, 0.15) is 39.0 Å². The van der Waals surface area contributed by atoms with Crippen LogP contribution in [0.15, 0.2) is 49.2 Å². The lowest BCUT2D eigenvalue weighted by Crippen LogP contribution is -2.21. The molecule has 0 amide bonds. The third kappa shape index (κ3) is 6.34. The SMILES string of the molecule is C=Cc1ccc(-c2ccc(CNN)nc2)cc1.CC.CC. The first-order valence-corrected chi connectivity index (χ1v) is 7.45. The highest BCUT2D eigenvalue weighted by Gasteiger charge is 1.98. The first kappa shape index (κ1) is 19.0. The Hall–Kier alpha value is -1.97. The van der Waals surface area contributed by atoms with Crippen molar-refractivity contribution in [3.63, 3.8) is 0 Å². The van der Waals surface area contributed by atoms with Gasteiger partial charge >= 0.3 is 0 Å². The first-order valence-electron chi connectivity index (χ1n) is 7.45. The number of nitrogens with two attached hydrogens (primary N) is 1. The van der Waals surface area contributed by atoms with Crippen molar-refractivity contribution in [3.05, 3.63) is 60.4 Å². The summed E-state index contributed by atoms with van der Waals surface area (Å²) in [5.74, 6) is 5.24. The number of hydrazine groups is 1. The molecule has 1 heterocycles. The Morgan fingerprint density at radius 2 is 1.57 bits per heavy atom. The lowest BCUT2D eigenvalue weighted by molar-refractivity contribution is 0.723. The van der Waals surface area contributed by atoms with E-state index in [0.29, 0.717) is 6.54 Å². The van der Waals surface area contributed by atoms with E-state index < -0.39 is 0 Å². The normalized spacial score (nSPS) is 8.81. The molecular formula is C18H27N3. The topological polar surface area (TPSA) is 50.9 Å². The second-order valence-electron chi connectivity index (χ2n) is 3.75. The average Bonchev–Trinajstić information content (AvgIpc) is 2.60. The summed E-state index contributed by atoms with van der Waals surface area (Å²) in [5, 5.41) is 0. The van der Waals surface area contributed by atoms with Gasteiger partial charge in [-0.25, -0.2) is 0 Å². The zero-order valence-electron chi connectivity index (χ0n) is 13.6. The van der Waals surface area contributed by atoms with Gasteiger partial charge in [-0.2, -0.15) is 0 Å². The molecular weight excluding hydrogens is 258 g/mol. The summed E-state index contributed by atoms with van der Waals surface area (Å²) in [4.78, 5) is 4.32. The van der Waals surface area contributed by atoms with Gasteiger partial charge in [-0.15, -0.1) is 0 Å². The molecule has 0 saturated heterocycles. The van der Waals surface area contributed by atoms with E-state index in [1.165, 1.54) is 0 Å². The van der Waals surface area contributed by atoms with Gasteiger partial charge in [0.1, 0.15) is 0 Å². The molecule has 0 aliphatic heterocycles. The lowest BCUT2D eigenvalue weighted by atomic mass is 10.1. The predicted molar refractivity (Wildman–Crippen MR) is 93.5 cm³/mol. The molecule has 3 N–H and O–H groups in total. The van der Waals surface area contributed by atoms with Gasteiger partial charge in [-0.1, -0.05) is 70.7 Å². The molecule has 1 aromatic heterocycles. The Kier molecular flexibility index (Phi) is 10.7. The maximum absolute atomic E-state index is 5.24. The van der Waals surface area contributed by atoms with Crippen LogP contribution in [0.5, 0.6) is 0 Å². The number of hydrogen-bond donors (Lipinski definition) is 2. The van der Waals surface area contributed by atoms with Crippen LogP contribution in [-0.4, -0.2) is 4.98 Å². The Labute approximate surface area is 128 Å². The van der Waals surface area contributed by atoms with E-state index in [1.54, 1.807) is 0 Å². The van der Waals surface area contributed by atoms with Crippen LogP contribution in [-0.2, 0) is 6.54 Å². The molecule has 1 aromatic carbocycles. The molecule has 21 heavy (non-hydrogen) atoms. The largest absolute Gasteiger partial charge is 0.271 e. The summed E-state index contributed by atoms with van der Waals surface area (Å²) in [6.07, 6.45) is 3.69. The van der Waals surface area contributed by atoms with E-state index in [0.717, 1.165) is 22.4 Å². The molecule has 3 nitrogen and oxygen atoms in total. The highest BCUT2D eigenvalue weighted by molar-refractivity contribution is 5.64. The van der Waals surface area contributed by atoms with Gasteiger partial charge in [-0.05, 0) is 17.2 Å². The van der Waals surface area contributed by atoms with Crippen molar-refractivity contribution in [2.24, 2.45) is 5.84 Å². The van der Waals surface area contributed by atoms with Crippen LogP contribution >= 0.6 is 0 Å². The number of pyridine rings is 1. The second kappa shape index (κ2) is 11.8. The number of nitrogens with one attached hydrogen (secondary N) is 1. The van der Waals surface area contributed by atoms with E-state index in [2.05, 4.69) is 29.1 Å². The first-order chi connectivity index (χ1) is 10.3. The number of benzene rings is 1. The molecule has 0 fully saturated rings. The van der Waals surface area contributed by atoms with Gasteiger partial charge in [0.15, 0.2) is 0 Å². The Balaban J connectivity index is 0.000000921. The van der Waals surface area contributed by atoms with Crippen molar-refractivity contribution in [2.45, 2.75) is 34.2 Å². The lowest BCUT2D eigenvalue weighted by Gasteiger charge is -2.04. The van der Waals surface area contributed by atoms with Crippen LogP contribution in [0.25, 0.3) is 17.2 Å². The van der Waals surface area contributed by atoms with Crippen LogP contribution in [0.2, 0.25) is 0 Å². The van der Waals surface area contributed by atoms with Gasteiger partial charge in [0.2, 0.25) is 0 Å². The van der Waals surface area contributed by atoms with Crippen molar-refractivity contribution in [1.29, 1.82) is 0 Å². The summed E-state index contributed by atoms with van der Waals surface area (Å²) in [6, 6.07) is 12.2. The summed E-state index contributed by atoms with van der Waals surface area (Å²) in [7, 11) is 0. The van der Waals surface area contributed by atoms with Crippen molar-refractivity contribution in [3.8, 4) is 11.1 Å². The highest BCUT2D eigenvalue weighted by Crippen LogP contribution is 2.19. The van der Waals surface area contributed by atoms with Gasteiger partial charge in [0.05, 0.1) is 12.2 Å². The molecule has 0 saturated carbocycles. The average molecular weight is 285 g/mol. The molecule has 3 heteroatoms. The summed E-state index contributed by atoms with van der Waals surface area (Å²) in [5.41, 5.74) is 6.88. The zero-order valence-corrected chi connectivity index (χ0v) is 13.6. The molecule has 0 bridgehead atoms. The predicted octanol–water partition coefficient (Wildman–Crippen LogP) is 4.41. The van der Waals surface area contributed by atoms with Gasteiger partial charge in [0.25, 0.3) is 0 Å². The minimum atomic E-state index is 0.579. The number of nitrogens with zero attached hydrogens (tertiary/aromatic N) is 1. The molecule has 0 aliphatic rings. The highest BCUT2D eigenvalue weighted by atomic mass is 15.2. The van der Waals surface area contributed by atoms with Crippen molar-refractivity contribution in [1.82, 2.24) is 10.4 Å².